The van der Waals surface area contributed by atoms with Gasteiger partial charge in [0.2, 0.25) is 0 Å². The van der Waals surface area contributed by atoms with Gasteiger partial charge in [-0.05, 0) is 31.4 Å². The molecule has 0 heterocycles. The largest absolute Gasteiger partial charge is 0.389 e. The molecule has 1 rings (SSSR count). The molecule has 0 aliphatic carbocycles. The van der Waals surface area contributed by atoms with Gasteiger partial charge in [0, 0.05) is 18.4 Å². The van der Waals surface area contributed by atoms with Gasteiger partial charge in [0.15, 0.2) is 0 Å². The van der Waals surface area contributed by atoms with Crippen LogP contribution in [0.1, 0.15) is 51.0 Å². The summed E-state index contributed by atoms with van der Waals surface area (Å²) in [5, 5.41) is 3.23. The van der Waals surface area contributed by atoms with Crippen LogP contribution in [0.3, 0.4) is 0 Å². The minimum Gasteiger partial charge on any atom is -0.316 e. The number of nitrogens with one attached hydrogen (secondary N) is 1. The van der Waals surface area contributed by atoms with Crippen molar-refractivity contribution in [1.82, 2.24) is 5.32 Å². The van der Waals surface area contributed by atoms with Crippen LogP contribution < -0.4 is 5.32 Å². The fourth-order valence-electron chi connectivity index (χ4n) is 2.91. The highest BCUT2D eigenvalue weighted by Gasteiger charge is 2.30. The molecule has 1 aromatic rings. The van der Waals surface area contributed by atoms with E-state index < -0.39 is 12.6 Å². The Balaban J connectivity index is 2.80. The number of likely N-dealkylation sites (N-methyl/N-ethyl adjacent to an activating group) is 1. The average molecular weight is 301 g/mol. The summed E-state index contributed by atoms with van der Waals surface area (Å²) in [6, 6.07) is 10.2. The first-order chi connectivity index (χ1) is 9.89. The standard InChI is InChI=1S/C17H26F3N/c1-4-13(2)16(14-9-6-5-7-10-14)15(21-3)11-8-12-17(18,19)20/h5-7,9-10,13,15-16,21H,4,8,11-12H2,1-3H3. The second-order valence-corrected chi connectivity index (χ2v) is 5.72. The Kier molecular flexibility index (Phi) is 7.23. The third-order valence-electron chi connectivity index (χ3n) is 4.22. The second kappa shape index (κ2) is 8.42. The summed E-state index contributed by atoms with van der Waals surface area (Å²) >= 11 is 0. The summed E-state index contributed by atoms with van der Waals surface area (Å²) in [5.74, 6) is 0.671. The van der Waals surface area contributed by atoms with Gasteiger partial charge in [-0.15, -0.1) is 0 Å². The molecule has 3 unspecified atom stereocenters. The smallest absolute Gasteiger partial charge is 0.316 e. The van der Waals surface area contributed by atoms with Crippen molar-refractivity contribution >= 4 is 0 Å². The highest BCUT2D eigenvalue weighted by Crippen LogP contribution is 2.33. The molecule has 120 valence electrons. The molecule has 21 heavy (non-hydrogen) atoms. The number of rotatable bonds is 8. The molecule has 0 aliphatic rings. The van der Waals surface area contributed by atoms with E-state index in [1.54, 1.807) is 0 Å². The first-order valence-electron chi connectivity index (χ1n) is 7.68. The van der Waals surface area contributed by atoms with E-state index in [1.807, 2.05) is 25.2 Å². The van der Waals surface area contributed by atoms with E-state index in [-0.39, 0.29) is 18.4 Å². The number of hydrogen-bond acceptors (Lipinski definition) is 1. The summed E-state index contributed by atoms with van der Waals surface area (Å²) < 4.78 is 37.0. The van der Waals surface area contributed by atoms with Gasteiger partial charge in [-0.25, -0.2) is 0 Å². The minimum atomic E-state index is -4.06. The second-order valence-electron chi connectivity index (χ2n) is 5.72. The zero-order valence-electron chi connectivity index (χ0n) is 13.1. The van der Waals surface area contributed by atoms with Crippen LogP contribution in [0, 0.1) is 5.92 Å². The van der Waals surface area contributed by atoms with Crippen molar-refractivity contribution in [3.8, 4) is 0 Å². The maximum absolute atomic E-state index is 12.3. The van der Waals surface area contributed by atoms with Crippen LogP contribution in [-0.4, -0.2) is 19.3 Å². The monoisotopic (exact) mass is 301 g/mol. The molecule has 0 aromatic heterocycles. The van der Waals surface area contributed by atoms with Crippen LogP contribution in [0.15, 0.2) is 30.3 Å². The zero-order chi connectivity index (χ0) is 15.9. The van der Waals surface area contributed by atoms with Gasteiger partial charge in [-0.1, -0.05) is 50.6 Å². The van der Waals surface area contributed by atoms with Gasteiger partial charge in [0.25, 0.3) is 0 Å². The molecule has 3 atom stereocenters. The Morgan fingerprint density at radius 3 is 2.24 bits per heavy atom. The number of hydrogen-bond donors (Lipinski definition) is 1. The van der Waals surface area contributed by atoms with Gasteiger partial charge in [0.1, 0.15) is 0 Å². The lowest BCUT2D eigenvalue weighted by Crippen LogP contribution is -2.35. The van der Waals surface area contributed by atoms with E-state index in [0.29, 0.717) is 12.3 Å². The van der Waals surface area contributed by atoms with Crippen molar-refractivity contribution in [3.05, 3.63) is 35.9 Å². The Labute approximate surface area is 125 Å². The van der Waals surface area contributed by atoms with E-state index in [1.165, 1.54) is 5.56 Å². The SMILES string of the molecule is CCC(C)C(c1ccccc1)C(CCCC(F)(F)F)NC. The minimum absolute atomic E-state index is 0.0738. The number of alkyl halides is 3. The fourth-order valence-corrected chi connectivity index (χ4v) is 2.91. The Bertz CT molecular complexity index is 389. The van der Waals surface area contributed by atoms with E-state index in [2.05, 4.69) is 31.3 Å². The molecule has 4 heteroatoms. The molecule has 0 amide bonds. The predicted octanol–water partition coefficient (Wildman–Crippen LogP) is 5.14. The van der Waals surface area contributed by atoms with Crippen molar-refractivity contribution in [3.63, 3.8) is 0 Å². The number of benzene rings is 1. The van der Waals surface area contributed by atoms with E-state index in [0.717, 1.165) is 6.42 Å². The van der Waals surface area contributed by atoms with E-state index in [4.69, 9.17) is 0 Å². The van der Waals surface area contributed by atoms with E-state index in [9.17, 15) is 13.2 Å². The van der Waals surface area contributed by atoms with Crippen molar-refractivity contribution in [2.45, 2.75) is 57.7 Å². The lowest BCUT2D eigenvalue weighted by atomic mass is 9.78. The molecule has 1 nitrogen and oxygen atoms in total. The molecule has 0 bridgehead atoms. The summed E-state index contributed by atoms with van der Waals surface area (Å²) in [6.45, 7) is 4.30. The molecule has 1 aromatic carbocycles. The van der Waals surface area contributed by atoms with Crippen LogP contribution in [0.2, 0.25) is 0 Å². The molecular weight excluding hydrogens is 275 g/mol. The van der Waals surface area contributed by atoms with Gasteiger partial charge in [-0.3, -0.25) is 0 Å². The number of halogens is 3. The average Bonchev–Trinajstić information content (AvgIpc) is 2.45. The molecule has 0 radical (unpaired) electrons. The van der Waals surface area contributed by atoms with Crippen LogP contribution in [0.25, 0.3) is 0 Å². The lowest BCUT2D eigenvalue weighted by Gasteiger charge is -2.32. The molecule has 0 aliphatic heterocycles. The van der Waals surface area contributed by atoms with Crippen LogP contribution >= 0.6 is 0 Å². The van der Waals surface area contributed by atoms with Crippen LogP contribution in [0.4, 0.5) is 13.2 Å². The van der Waals surface area contributed by atoms with Gasteiger partial charge >= 0.3 is 6.18 Å². The third kappa shape index (κ3) is 6.08. The third-order valence-corrected chi connectivity index (χ3v) is 4.22. The first-order valence-corrected chi connectivity index (χ1v) is 7.68. The van der Waals surface area contributed by atoms with Crippen molar-refractivity contribution in [2.75, 3.05) is 7.05 Å². The first kappa shape index (κ1) is 18.0. The zero-order valence-corrected chi connectivity index (χ0v) is 13.1. The summed E-state index contributed by atoms with van der Waals surface area (Å²) in [4.78, 5) is 0. The van der Waals surface area contributed by atoms with Gasteiger partial charge in [-0.2, -0.15) is 13.2 Å². The quantitative estimate of drug-likeness (QED) is 0.701. The molecule has 0 fully saturated rings. The van der Waals surface area contributed by atoms with Crippen molar-refractivity contribution in [2.24, 2.45) is 5.92 Å². The Morgan fingerprint density at radius 2 is 1.76 bits per heavy atom. The molecule has 1 N–H and O–H groups in total. The highest BCUT2D eigenvalue weighted by molar-refractivity contribution is 5.22. The van der Waals surface area contributed by atoms with Crippen LogP contribution in [0.5, 0.6) is 0 Å². The van der Waals surface area contributed by atoms with Crippen molar-refractivity contribution < 1.29 is 13.2 Å². The predicted molar refractivity (Wildman–Crippen MR) is 81.4 cm³/mol. The molecular formula is C17H26F3N. The maximum Gasteiger partial charge on any atom is 0.389 e. The lowest BCUT2D eigenvalue weighted by molar-refractivity contribution is -0.135. The maximum atomic E-state index is 12.3. The van der Waals surface area contributed by atoms with E-state index >= 15 is 0 Å². The van der Waals surface area contributed by atoms with Gasteiger partial charge in [0.05, 0.1) is 0 Å². The molecule has 0 spiro atoms. The van der Waals surface area contributed by atoms with Crippen molar-refractivity contribution in [1.29, 1.82) is 0 Å². The summed E-state index contributed by atoms with van der Waals surface area (Å²) in [5.41, 5.74) is 1.21. The molecule has 0 saturated carbocycles. The topological polar surface area (TPSA) is 12.0 Å². The normalized spacial score (nSPS) is 16.5. The molecule has 0 saturated heterocycles. The van der Waals surface area contributed by atoms with Crippen LogP contribution in [-0.2, 0) is 0 Å². The summed E-state index contributed by atoms with van der Waals surface area (Å²) in [6.07, 6.45) is -3.03. The highest BCUT2D eigenvalue weighted by atomic mass is 19.4. The summed E-state index contributed by atoms with van der Waals surface area (Å²) in [7, 11) is 1.84. The fraction of sp³-hybridized carbons (Fsp3) is 0.647. The Morgan fingerprint density at radius 1 is 1.14 bits per heavy atom. The Hall–Kier alpha value is -1.03. The van der Waals surface area contributed by atoms with Gasteiger partial charge < -0.3 is 5.32 Å².